The molecule has 0 saturated heterocycles. The molecule has 3 aromatic rings. The largest absolute Gasteiger partial charge is 0.486 e. The molecule has 2 aliphatic heterocycles. The maximum atomic E-state index is 14.0. The van der Waals surface area contributed by atoms with E-state index in [0.717, 1.165) is 17.2 Å². The molecule has 11 heteroatoms. The highest BCUT2D eigenvalue weighted by atomic mass is 19.4. The van der Waals surface area contributed by atoms with E-state index in [0.29, 0.717) is 55.0 Å². The van der Waals surface area contributed by atoms with Crippen LogP contribution in [0.4, 0.5) is 30.8 Å². The van der Waals surface area contributed by atoms with Crippen molar-refractivity contribution in [2.24, 2.45) is 0 Å². The van der Waals surface area contributed by atoms with Crippen molar-refractivity contribution < 1.29 is 22.6 Å². The van der Waals surface area contributed by atoms with Crippen LogP contribution in [-0.2, 0) is 19.0 Å². The molecule has 1 aromatic carbocycles. The molecule has 2 aliphatic rings. The number of anilines is 3. The van der Waals surface area contributed by atoms with Gasteiger partial charge >= 0.3 is 6.18 Å². The molecule has 0 fully saturated rings. The minimum absolute atomic E-state index is 0.132. The second kappa shape index (κ2) is 8.79. The number of alkyl halides is 3. The van der Waals surface area contributed by atoms with Crippen LogP contribution < -0.4 is 25.0 Å². The number of rotatable bonds is 3. The molecule has 0 radical (unpaired) electrons. The normalized spacial score (nSPS) is 17.5. The quantitative estimate of drug-likeness (QED) is 0.600. The van der Waals surface area contributed by atoms with Crippen molar-refractivity contribution in [3.8, 4) is 11.5 Å². The van der Waals surface area contributed by atoms with E-state index in [-0.39, 0.29) is 12.4 Å². The smallest absolute Gasteiger partial charge is 0.419 e. The Morgan fingerprint density at radius 3 is 2.60 bits per heavy atom. The Kier molecular flexibility index (Phi) is 5.78. The number of ether oxygens (including phenoxy) is 2. The van der Waals surface area contributed by atoms with Crippen LogP contribution in [0.2, 0.25) is 0 Å². The average Bonchev–Trinajstić information content (AvgIpc) is 3.03. The zero-order valence-electron chi connectivity index (χ0n) is 19.3. The number of hydrogen-bond donors (Lipinski definition) is 1. The van der Waals surface area contributed by atoms with Crippen LogP contribution in [0.15, 0.2) is 36.5 Å². The maximum Gasteiger partial charge on any atom is 0.419 e. The summed E-state index contributed by atoms with van der Waals surface area (Å²) in [6, 6.07) is 7.31. The van der Waals surface area contributed by atoms with Gasteiger partial charge in [-0.3, -0.25) is 0 Å². The lowest BCUT2D eigenvalue weighted by atomic mass is 9.98. The van der Waals surface area contributed by atoms with Crippen molar-refractivity contribution in [2.75, 3.05) is 49.4 Å². The molecule has 5 rings (SSSR count). The molecule has 2 N–H and O–H groups in total. The Labute approximate surface area is 200 Å². The highest BCUT2D eigenvalue weighted by Gasteiger charge is 2.39. The summed E-state index contributed by atoms with van der Waals surface area (Å²) in [7, 11) is 3.62. The van der Waals surface area contributed by atoms with E-state index in [1.165, 1.54) is 12.3 Å². The van der Waals surface area contributed by atoms with Gasteiger partial charge in [-0.05, 0) is 36.2 Å². The molecule has 0 bridgehead atoms. The lowest BCUT2D eigenvalue weighted by molar-refractivity contribution is -0.137. The van der Waals surface area contributed by atoms with Gasteiger partial charge < -0.3 is 25.0 Å². The van der Waals surface area contributed by atoms with Gasteiger partial charge in [0.1, 0.15) is 24.8 Å². The predicted molar refractivity (Wildman–Crippen MR) is 125 cm³/mol. The molecule has 0 spiro atoms. The van der Waals surface area contributed by atoms with Crippen LogP contribution in [-0.4, -0.2) is 48.8 Å². The summed E-state index contributed by atoms with van der Waals surface area (Å²) >= 11 is 0. The third-order valence-corrected chi connectivity index (χ3v) is 6.19. The maximum absolute atomic E-state index is 14.0. The summed E-state index contributed by atoms with van der Waals surface area (Å²) in [6.07, 6.45) is -2.49. The Morgan fingerprint density at radius 2 is 1.86 bits per heavy atom. The second-order valence-corrected chi connectivity index (χ2v) is 8.67. The number of nitrogen functional groups attached to an aromatic ring is 1. The Morgan fingerprint density at radius 1 is 1.09 bits per heavy atom. The van der Waals surface area contributed by atoms with Gasteiger partial charge in [-0.25, -0.2) is 9.97 Å². The van der Waals surface area contributed by atoms with Crippen LogP contribution in [0.5, 0.6) is 11.5 Å². The SMILES string of the molecule is CN(C)c1nc(N)c2c(n1)CC(c1ccc3c(c1)OCCO3)N(c1ncccc1C(F)(F)F)CC2. The first-order valence-corrected chi connectivity index (χ1v) is 11.2. The summed E-state index contributed by atoms with van der Waals surface area (Å²) in [6.45, 7) is 1.10. The lowest BCUT2D eigenvalue weighted by Gasteiger charge is -2.33. The number of nitrogens with two attached hydrogens (primary N) is 1. The van der Waals surface area contributed by atoms with Gasteiger partial charge in [-0.15, -0.1) is 0 Å². The molecule has 0 aliphatic carbocycles. The average molecular weight is 486 g/mol. The summed E-state index contributed by atoms with van der Waals surface area (Å²) in [5, 5.41) is 0. The highest BCUT2D eigenvalue weighted by Crippen LogP contribution is 2.42. The Balaban J connectivity index is 1.66. The van der Waals surface area contributed by atoms with Crippen LogP contribution >= 0.6 is 0 Å². The molecule has 35 heavy (non-hydrogen) atoms. The number of pyridine rings is 1. The van der Waals surface area contributed by atoms with Crippen molar-refractivity contribution in [3.63, 3.8) is 0 Å². The zero-order chi connectivity index (χ0) is 24.7. The van der Waals surface area contributed by atoms with Crippen LogP contribution in [0, 0.1) is 0 Å². The summed E-state index contributed by atoms with van der Waals surface area (Å²) in [5.74, 6) is 1.82. The van der Waals surface area contributed by atoms with Gasteiger partial charge in [0.05, 0.1) is 17.3 Å². The van der Waals surface area contributed by atoms with E-state index in [9.17, 15) is 13.2 Å². The van der Waals surface area contributed by atoms with Crippen molar-refractivity contribution >= 4 is 17.6 Å². The second-order valence-electron chi connectivity index (χ2n) is 8.67. The number of aromatic nitrogens is 3. The lowest BCUT2D eigenvalue weighted by Crippen LogP contribution is -2.33. The number of halogens is 3. The van der Waals surface area contributed by atoms with Gasteiger partial charge in [-0.1, -0.05) is 6.07 Å². The van der Waals surface area contributed by atoms with Crippen molar-refractivity contribution in [1.29, 1.82) is 0 Å². The molecule has 0 saturated carbocycles. The first-order chi connectivity index (χ1) is 16.7. The molecule has 8 nitrogen and oxygen atoms in total. The molecular formula is C24H25F3N6O2. The van der Waals surface area contributed by atoms with Crippen LogP contribution in [0.3, 0.4) is 0 Å². The minimum atomic E-state index is -4.56. The van der Waals surface area contributed by atoms with E-state index >= 15 is 0 Å². The fraction of sp³-hybridized carbons (Fsp3) is 0.375. The van der Waals surface area contributed by atoms with Gasteiger partial charge in [0.15, 0.2) is 11.5 Å². The van der Waals surface area contributed by atoms with E-state index < -0.39 is 17.8 Å². The topological polar surface area (TPSA) is 89.6 Å². The van der Waals surface area contributed by atoms with E-state index in [1.807, 2.05) is 26.2 Å². The highest BCUT2D eigenvalue weighted by molar-refractivity contribution is 5.56. The minimum Gasteiger partial charge on any atom is -0.486 e. The van der Waals surface area contributed by atoms with Crippen LogP contribution in [0.1, 0.15) is 28.4 Å². The fourth-order valence-electron chi connectivity index (χ4n) is 4.52. The van der Waals surface area contributed by atoms with E-state index in [4.69, 9.17) is 20.2 Å². The zero-order valence-corrected chi connectivity index (χ0v) is 19.3. The third-order valence-electron chi connectivity index (χ3n) is 6.19. The van der Waals surface area contributed by atoms with Crippen molar-refractivity contribution in [1.82, 2.24) is 15.0 Å². The summed E-state index contributed by atoms with van der Waals surface area (Å²) < 4.78 is 53.3. The Hall–Kier alpha value is -3.76. The molecule has 1 atom stereocenters. The predicted octanol–water partition coefficient (Wildman–Crippen LogP) is 3.66. The van der Waals surface area contributed by atoms with Gasteiger partial charge in [-0.2, -0.15) is 18.2 Å². The molecule has 2 aromatic heterocycles. The molecule has 4 heterocycles. The molecule has 0 amide bonds. The Bertz CT molecular complexity index is 1250. The first-order valence-electron chi connectivity index (χ1n) is 11.2. The van der Waals surface area contributed by atoms with Crippen molar-refractivity contribution in [2.45, 2.75) is 25.1 Å². The molecule has 1 unspecified atom stereocenters. The third kappa shape index (κ3) is 4.38. The fourth-order valence-corrected chi connectivity index (χ4v) is 4.52. The van der Waals surface area contributed by atoms with E-state index in [2.05, 4.69) is 9.97 Å². The number of fused-ring (bicyclic) bond motifs is 2. The summed E-state index contributed by atoms with van der Waals surface area (Å²) in [4.78, 5) is 16.7. The summed E-state index contributed by atoms with van der Waals surface area (Å²) in [5.41, 5.74) is 7.70. The van der Waals surface area contributed by atoms with Crippen molar-refractivity contribution in [3.05, 3.63) is 58.9 Å². The van der Waals surface area contributed by atoms with Gasteiger partial charge in [0.25, 0.3) is 0 Å². The standard InChI is InChI=1S/C24H25F3N6O2/c1-32(2)23-30-17-13-18(14-5-6-19-20(12-14)35-11-10-34-19)33(9-7-15(17)21(28)31-23)22-16(24(25,26)27)4-3-8-29-22/h3-6,8,12,18H,7,9-11,13H2,1-2H3,(H2,28,30,31). The number of benzene rings is 1. The monoisotopic (exact) mass is 486 g/mol. The van der Waals surface area contributed by atoms with Crippen LogP contribution in [0.25, 0.3) is 0 Å². The molecular weight excluding hydrogens is 461 g/mol. The first kappa shape index (κ1) is 23.0. The molecule has 184 valence electrons. The number of nitrogens with zero attached hydrogens (tertiary/aromatic N) is 5. The van der Waals surface area contributed by atoms with Gasteiger partial charge in [0, 0.05) is 38.8 Å². The van der Waals surface area contributed by atoms with E-state index in [1.54, 1.807) is 15.9 Å². The van der Waals surface area contributed by atoms with Gasteiger partial charge in [0.2, 0.25) is 5.95 Å². The number of hydrogen-bond acceptors (Lipinski definition) is 8.